The molecule has 0 N–H and O–H groups in total. The molecule has 22 heavy (non-hydrogen) atoms. The molecular weight excluding hydrogens is 276 g/mol. The lowest BCUT2D eigenvalue weighted by molar-refractivity contribution is 0.414. The van der Waals surface area contributed by atoms with Crippen LogP contribution in [0.1, 0.15) is 6.42 Å². The Kier molecular flexibility index (Phi) is 5.52. The number of hydrogen-bond acceptors (Lipinski definition) is 3. The van der Waals surface area contributed by atoms with Gasteiger partial charge in [0.15, 0.2) is 5.96 Å². The smallest absolute Gasteiger partial charge is 0.195 e. The van der Waals surface area contributed by atoms with Gasteiger partial charge in [-0.05, 0) is 24.5 Å². The Hall–Kier alpha value is -1.91. The molecule has 1 aromatic rings. The SMILES string of the molecule is COc1ccccc1N1CCC(CN=C(N(C)C)N(C)C)C1. The van der Waals surface area contributed by atoms with Crippen LogP contribution < -0.4 is 9.64 Å². The minimum atomic E-state index is 0.597. The van der Waals surface area contributed by atoms with Gasteiger partial charge in [-0.15, -0.1) is 0 Å². The van der Waals surface area contributed by atoms with Crippen molar-refractivity contribution in [2.75, 3.05) is 59.8 Å². The first-order chi connectivity index (χ1) is 10.5. The Bertz CT molecular complexity index is 503. The Balaban J connectivity index is 2.00. The number of hydrogen-bond donors (Lipinski definition) is 0. The summed E-state index contributed by atoms with van der Waals surface area (Å²) < 4.78 is 5.47. The molecule has 2 rings (SSSR count). The van der Waals surface area contributed by atoms with Gasteiger partial charge in [-0.1, -0.05) is 12.1 Å². The third-order valence-electron chi connectivity index (χ3n) is 4.00. The topological polar surface area (TPSA) is 31.3 Å². The van der Waals surface area contributed by atoms with E-state index in [1.807, 2.05) is 40.3 Å². The van der Waals surface area contributed by atoms with Crippen molar-refractivity contribution in [2.45, 2.75) is 6.42 Å². The normalized spacial score (nSPS) is 17.3. The van der Waals surface area contributed by atoms with E-state index >= 15 is 0 Å². The van der Waals surface area contributed by atoms with E-state index in [0.29, 0.717) is 5.92 Å². The number of benzene rings is 1. The molecule has 1 heterocycles. The van der Waals surface area contributed by atoms with Crippen LogP contribution in [0, 0.1) is 5.92 Å². The van der Waals surface area contributed by atoms with Crippen molar-refractivity contribution in [3.05, 3.63) is 24.3 Å². The highest BCUT2D eigenvalue weighted by atomic mass is 16.5. The van der Waals surface area contributed by atoms with Gasteiger partial charge in [-0.3, -0.25) is 4.99 Å². The third-order valence-corrected chi connectivity index (χ3v) is 4.00. The summed E-state index contributed by atoms with van der Waals surface area (Å²) in [5.74, 6) is 2.57. The van der Waals surface area contributed by atoms with Crippen molar-refractivity contribution in [1.29, 1.82) is 0 Å². The number of para-hydroxylation sites is 2. The van der Waals surface area contributed by atoms with Gasteiger partial charge in [0.1, 0.15) is 5.75 Å². The molecule has 1 aromatic carbocycles. The average Bonchev–Trinajstić information content (AvgIpc) is 2.95. The van der Waals surface area contributed by atoms with E-state index in [2.05, 4.69) is 26.8 Å². The molecular formula is C17H28N4O. The molecule has 0 amide bonds. The van der Waals surface area contributed by atoms with Crippen LogP contribution in [0.4, 0.5) is 5.69 Å². The number of aliphatic imine (C=N–C) groups is 1. The highest BCUT2D eigenvalue weighted by Crippen LogP contribution is 2.31. The van der Waals surface area contributed by atoms with Gasteiger partial charge in [0.25, 0.3) is 0 Å². The van der Waals surface area contributed by atoms with Gasteiger partial charge < -0.3 is 19.4 Å². The zero-order valence-electron chi connectivity index (χ0n) is 14.4. The average molecular weight is 304 g/mol. The van der Waals surface area contributed by atoms with E-state index in [9.17, 15) is 0 Å². The maximum Gasteiger partial charge on any atom is 0.195 e. The quantitative estimate of drug-likeness (QED) is 0.629. The maximum atomic E-state index is 5.47. The van der Waals surface area contributed by atoms with Crippen molar-refractivity contribution in [2.24, 2.45) is 10.9 Å². The lowest BCUT2D eigenvalue weighted by Crippen LogP contribution is -2.36. The molecule has 1 fully saturated rings. The molecule has 1 aliphatic rings. The summed E-state index contributed by atoms with van der Waals surface area (Å²) in [6.45, 7) is 2.98. The van der Waals surface area contributed by atoms with E-state index in [4.69, 9.17) is 9.73 Å². The largest absolute Gasteiger partial charge is 0.495 e. The molecule has 1 unspecified atom stereocenters. The minimum absolute atomic E-state index is 0.597. The lowest BCUT2D eigenvalue weighted by Gasteiger charge is -2.23. The summed E-state index contributed by atoms with van der Waals surface area (Å²) in [5, 5.41) is 0. The zero-order valence-corrected chi connectivity index (χ0v) is 14.4. The van der Waals surface area contributed by atoms with Crippen LogP contribution >= 0.6 is 0 Å². The third kappa shape index (κ3) is 3.84. The molecule has 1 saturated heterocycles. The van der Waals surface area contributed by atoms with Crippen molar-refractivity contribution >= 4 is 11.6 Å². The second-order valence-electron chi connectivity index (χ2n) is 6.20. The summed E-state index contributed by atoms with van der Waals surface area (Å²) in [4.78, 5) is 11.3. The van der Waals surface area contributed by atoms with Gasteiger partial charge in [0, 0.05) is 47.8 Å². The molecule has 0 aromatic heterocycles. The van der Waals surface area contributed by atoms with Crippen molar-refractivity contribution < 1.29 is 4.74 Å². The highest BCUT2D eigenvalue weighted by Gasteiger charge is 2.24. The summed E-state index contributed by atoms with van der Waals surface area (Å²) in [6, 6.07) is 8.24. The molecule has 0 saturated carbocycles. The fourth-order valence-corrected chi connectivity index (χ4v) is 2.99. The van der Waals surface area contributed by atoms with Crippen LogP contribution in [0.3, 0.4) is 0 Å². The molecule has 5 heteroatoms. The molecule has 0 spiro atoms. The Morgan fingerprint density at radius 2 is 1.91 bits per heavy atom. The summed E-state index contributed by atoms with van der Waals surface area (Å²) in [5.41, 5.74) is 1.19. The molecule has 0 bridgehead atoms. The molecule has 0 aliphatic carbocycles. The van der Waals surface area contributed by atoms with E-state index < -0.39 is 0 Å². The van der Waals surface area contributed by atoms with Crippen LogP contribution in [0.2, 0.25) is 0 Å². The Morgan fingerprint density at radius 3 is 2.55 bits per heavy atom. The minimum Gasteiger partial charge on any atom is -0.495 e. The zero-order chi connectivity index (χ0) is 16.1. The van der Waals surface area contributed by atoms with E-state index in [1.54, 1.807) is 7.11 Å². The molecule has 0 radical (unpaired) electrons. The van der Waals surface area contributed by atoms with Gasteiger partial charge in [0.05, 0.1) is 12.8 Å². The summed E-state index contributed by atoms with van der Waals surface area (Å²) >= 11 is 0. The number of anilines is 1. The number of rotatable bonds is 4. The van der Waals surface area contributed by atoms with E-state index in [0.717, 1.165) is 31.3 Å². The van der Waals surface area contributed by atoms with Gasteiger partial charge in [0.2, 0.25) is 0 Å². The van der Waals surface area contributed by atoms with Crippen molar-refractivity contribution in [1.82, 2.24) is 9.80 Å². The monoisotopic (exact) mass is 304 g/mol. The molecule has 1 aliphatic heterocycles. The first-order valence-corrected chi connectivity index (χ1v) is 7.80. The summed E-state index contributed by atoms with van der Waals surface area (Å²) in [7, 11) is 9.88. The first-order valence-electron chi connectivity index (χ1n) is 7.80. The Labute approximate surface area is 134 Å². The molecule has 5 nitrogen and oxygen atoms in total. The Morgan fingerprint density at radius 1 is 1.23 bits per heavy atom. The van der Waals surface area contributed by atoms with Gasteiger partial charge in [-0.25, -0.2) is 0 Å². The number of guanidine groups is 1. The standard InChI is InChI=1S/C17H28N4O/c1-19(2)17(20(3)4)18-12-14-10-11-21(13-14)15-8-6-7-9-16(15)22-5/h6-9,14H,10-13H2,1-5H3. The molecule has 1 atom stereocenters. The number of ether oxygens (including phenoxy) is 1. The first kappa shape index (κ1) is 16.5. The fourth-order valence-electron chi connectivity index (χ4n) is 2.99. The van der Waals surface area contributed by atoms with Crippen LogP contribution in [0.5, 0.6) is 5.75 Å². The van der Waals surface area contributed by atoms with Crippen molar-refractivity contribution in [3.8, 4) is 5.75 Å². The number of methoxy groups -OCH3 is 1. The fraction of sp³-hybridized carbons (Fsp3) is 0.588. The van der Waals surface area contributed by atoms with Crippen LogP contribution in [-0.2, 0) is 0 Å². The predicted octanol–water partition coefficient (Wildman–Crippen LogP) is 2.00. The number of nitrogens with zero attached hydrogens (tertiary/aromatic N) is 4. The second kappa shape index (κ2) is 7.38. The van der Waals surface area contributed by atoms with Crippen LogP contribution in [-0.4, -0.2) is 70.7 Å². The van der Waals surface area contributed by atoms with Crippen LogP contribution in [0.25, 0.3) is 0 Å². The van der Waals surface area contributed by atoms with Crippen LogP contribution in [0.15, 0.2) is 29.3 Å². The van der Waals surface area contributed by atoms with Gasteiger partial charge in [-0.2, -0.15) is 0 Å². The van der Waals surface area contributed by atoms with E-state index in [1.165, 1.54) is 12.1 Å². The predicted molar refractivity (Wildman–Crippen MR) is 93.0 cm³/mol. The summed E-state index contributed by atoms with van der Waals surface area (Å²) in [6.07, 6.45) is 1.18. The highest BCUT2D eigenvalue weighted by molar-refractivity contribution is 5.79. The van der Waals surface area contributed by atoms with Gasteiger partial charge >= 0.3 is 0 Å². The maximum absolute atomic E-state index is 5.47. The van der Waals surface area contributed by atoms with Crippen molar-refractivity contribution in [3.63, 3.8) is 0 Å². The second-order valence-corrected chi connectivity index (χ2v) is 6.20. The lowest BCUT2D eigenvalue weighted by atomic mass is 10.1. The molecule has 122 valence electrons. The van der Waals surface area contributed by atoms with E-state index in [-0.39, 0.29) is 0 Å².